The van der Waals surface area contributed by atoms with E-state index in [-0.39, 0.29) is 5.82 Å². The first-order valence-electron chi connectivity index (χ1n) is 5.90. The summed E-state index contributed by atoms with van der Waals surface area (Å²) in [5.74, 6) is 1.24. The van der Waals surface area contributed by atoms with Gasteiger partial charge in [0.2, 0.25) is 0 Å². The summed E-state index contributed by atoms with van der Waals surface area (Å²) in [7, 11) is 0. The number of nitrogens with zero attached hydrogens (tertiary/aromatic N) is 1. The number of benzene rings is 1. The summed E-state index contributed by atoms with van der Waals surface area (Å²) < 4.78 is 17.9. The van der Waals surface area contributed by atoms with Crippen LogP contribution >= 0.6 is 0 Å². The standard InChI is InChI=1S/C13H19FN2O2/c1-10(2)9-13(15)16-18-8-7-17-12-5-3-11(14)4-6-12/h3-6,10H,7-9H2,1-2H3,(H2,15,16). The molecule has 1 aromatic carbocycles. The van der Waals surface area contributed by atoms with Crippen LogP contribution in [0.15, 0.2) is 29.4 Å². The van der Waals surface area contributed by atoms with Crippen LogP contribution < -0.4 is 10.5 Å². The monoisotopic (exact) mass is 254 g/mol. The average molecular weight is 254 g/mol. The van der Waals surface area contributed by atoms with Crippen LogP contribution in [-0.4, -0.2) is 19.0 Å². The summed E-state index contributed by atoms with van der Waals surface area (Å²) in [6, 6.07) is 5.81. The quantitative estimate of drug-likeness (QED) is 0.352. The van der Waals surface area contributed by atoms with E-state index in [2.05, 4.69) is 19.0 Å². The molecule has 5 heteroatoms. The third-order valence-electron chi connectivity index (χ3n) is 2.06. The minimum Gasteiger partial charge on any atom is -0.490 e. The molecule has 0 atom stereocenters. The van der Waals surface area contributed by atoms with Crippen LogP contribution in [0.4, 0.5) is 4.39 Å². The third-order valence-corrected chi connectivity index (χ3v) is 2.06. The molecule has 0 spiro atoms. The molecule has 1 aromatic rings. The van der Waals surface area contributed by atoms with Crippen molar-refractivity contribution in [1.29, 1.82) is 0 Å². The number of amidine groups is 1. The van der Waals surface area contributed by atoms with E-state index >= 15 is 0 Å². The van der Waals surface area contributed by atoms with Gasteiger partial charge in [-0.25, -0.2) is 4.39 Å². The van der Waals surface area contributed by atoms with Crippen LogP contribution in [-0.2, 0) is 4.84 Å². The first-order chi connectivity index (χ1) is 8.58. The van der Waals surface area contributed by atoms with Crippen molar-refractivity contribution in [3.63, 3.8) is 0 Å². The van der Waals surface area contributed by atoms with Gasteiger partial charge in [-0.3, -0.25) is 0 Å². The molecule has 4 nitrogen and oxygen atoms in total. The second-order valence-corrected chi connectivity index (χ2v) is 4.32. The van der Waals surface area contributed by atoms with E-state index in [1.807, 2.05) is 0 Å². The number of nitrogens with two attached hydrogens (primary N) is 1. The predicted molar refractivity (Wildman–Crippen MR) is 68.9 cm³/mol. The molecule has 0 aromatic heterocycles. The largest absolute Gasteiger partial charge is 0.490 e. The van der Waals surface area contributed by atoms with Crippen molar-refractivity contribution < 1.29 is 14.0 Å². The summed E-state index contributed by atoms with van der Waals surface area (Å²) in [5, 5.41) is 3.76. The van der Waals surface area contributed by atoms with Crippen molar-refractivity contribution >= 4 is 5.84 Å². The SMILES string of the molecule is CC(C)CC(N)=NOCCOc1ccc(F)cc1. The topological polar surface area (TPSA) is 56.8 Å². The van der Waals surface area contributed by atoms with E-state index in [0.717, 1.165) is 0 Å². The molecule has 1 rings (SSSR count). The maximum Gasteiger partial charge on any atom is 0.151 e. The number of hydrogen-bond acceptors (Lipinski definition) is 3. The van der Waals surface area contributed by atoms with Gasteiger partial charge in [-0.15, -0.1) is 0 Å². The van der Waals surface area contributed by atoms with Gasteiger partial charge in [0.15, 0.2) is 6.61 Å². The Labute approximate surface area is 107 Å². The highest BCUT2D eigenvalue weighted by atomic mass is 19.1. The lowest BCUT2D eigenvalue weighted by Gasteiger charge is -2.06. The highest BCUT2D eigenvalue weighted by Gasteiger charge is 1.98. The lowest BCUT2D eigenvalue weighted by molar-refractivity contribution is 0.106. The Bertz CT molecular complexity index is 377. The molecule has 0 heterocycles. The molecule has 0 aliphatic rings. The molecule has 18 heavy (non-hydrogen) atoms. The number of oxime groups is 1. The Morgan fingerprint density at radius 1 is 1.28 bits per heavy atom. The van der Waals surface area contributed by atoms with Crippen molar-refractivity contribution in [3.8, 4) is 5.75 Å². The molecule has 0 aliphatic carbocycles. The van der Waals surface area contributed by atoms with Crippen molar-refractivity contribution in [2.24, 2.45) is 16.8 Å². The Morgan fingerprint density at radius 3 is 2.56 bits per heavy atom. The fourth-order valence-electron chi connectivity index (χ4n) is 1.31. The van der Waals surface area contributed by atoms with Gasteiger partial charge in [0, 0.05) is 6.42 Å². The van der Waals surface area contributed by atoms with Gasteiger partial charge in [0.1, 0.15) is 24.0 Å². The first-order valence-corrected chi connectivity index (χ1v) is 5.90. The third kappa shape index (κ3) is 6.08. The number of halogens is 1. The maximum absolute atomic E-state index is 12.6. The summed E-state index contributed by atoms with van der Waals surface area (Å²) in [6.45, 7) is 4.75. The molecular formula is C13H19FN2O2. The molecule has 100 valence electrons. The van der Waals surface area contributed by atoms with E-state index in [1.165, 1.54) is 12.1 Å². The van der Waals surface area contributed by atoms with Crippen LogP contribution in [0.25, 0.3) is 0 Å². The van der Waals surface area contributed by atoms with Crippen LogP contribution in [0.1, 0.15) is 20.3 Å². The molecule has 2 N–H and O–H groups in total. The fourth-order valence-corrected chi connectivity index (χ4v) is 1.31. The van der Waals surface area contributed by atoms with Gasteiger partial charge in [-0.2, -0.15) is 0 Å². The lowest BCUT2D eigenvalue weighted by Crippen LogP contribution is -2.15. The smallest absolute Gasteiger partial charge is 0.151 e. The van der Waals surface area contributed by atoms with E-state index in [0.29, 0.717) is 37.1 Å². The van der Waals surface area contributed by atoms with Gasteiger partial charge >= 0.3 is 0 Å². The molecule has 0 amide bonds. The maximum atomic E-state index is 12.6. The highest BCUT2D eigenvalue weighted by Crippen LogP contribution is 2.10. The Kier molecular flexibility index (Phi) is 5.97. The van der Waals surface area contributed by atoms with E-state index < -0.39 is 0 Å². The van der Waals surface area contributed by atoms with Crippen molar-refractivity contribution in [1.82, 2.24) is 0 Å². The minimum atomic E-state index is -0.287. The summed E-state index contributed by atoms with van der Waals surface area (Å²) in [6.07, 6.45) is 0.707. The van der Waals surface area contributed by atoms with Crippen molar-refractivity contribution in [2.45, 2.75) is 20.3 Å². The van der Waals surface area contributed by atoms with Gasteiger partial charge < -0.3 is 15.3 Å². The molecule has 0 radical (unpaired) electrons. The Hall–Kier alpha value is -1.78. The summed E-state index contributed by atoms with van der Waals surface area (Å²) >= 11 is 0. The average Bonchev–Trinajstić information content (AvgIpc) is 2.30. The first kappa shape index (κ1) is 14.3. The van der Waals surface area contributed by atoms with Gasteiger partial charge in [0.25, 0.3) is 0 Å². The van der Waals surface area contributed by atoms with E-state index in [1.54, 1.807) is 12.1 Å². The van der Waals surface area contributed by atoms with Crippen molar-refractivity contribution in [3.05, 3.63) is 30.1 Å². The molecule has 0 unspecified atom stereocenters. The van der Waals surface area contributed by atoms with E-state index in [9.17, 15) is 4.39 Å². The second-order valence-electron chi connectivity index (χ2n) is 4.32. The number of hydrogen-bond donors (Lipinski definition) is 1. The molecule has 0 fully saturated rings. The Morgan fingerprint density at radius 2 is 1.94 bits per heavy atom. The molecule has 0 saturated carbocycles. The minimum absolute atomic E-state index is 0.287. The van der Waals surface area contributed by atoms with Gasteiger partial charge in [-0.1, -0.05) is 19.0 Å². The van der Waals surface area contributed by atoms with Gasteiger partial charge in [-0.05, 0) is 30.2 Å². The summed E-state index contributed by atoms with van der Waals surface area (Å²) in [5.41, 5.74) is 5.63. The number of ether oxygens (including phenoxy) is 1. The van der Waals surface area contributed by atoms with Crippen LogP contribution in [0, 0.1) is 11.7 Å². The van der Waals surface area contributed by atoms with Gasteiger partial charge in [0.05, 0.1) is 0 Å². The Balaban J connectivity index is 2.17. The van der Waals surface area contributed by atoms with Crippen LogP contribution in [0.2, 0.25) is 0 Å². The second kappa shape index (κ2) is 7.53. The fraction of sp³-hybridized carbons (Fsp3) is 0.462. The summed E-state index contributed by atoms with van der Waals surface area (Å²) in [4.78, 5) is 5.01. The molecule has 0 saturated heterocycles. The zero-order chi connectivity index (χ0) is 13.4. The molecular weight excluding hydrogens is 235 g/mol. The molecule has 0 aliphatic heterocycles. The van der Waals surface area contributed by atoms with Crippen LogP contribution in [0.3, 0.4) is 0 Å². The number of rotatable bonds is 7. The van der Waals surface area contributed by atoms with Crippen molar-refractivity contribution in [2.75, 3.05) is 13.2 Å². The van der Waals surface area contributed by atoms with E-state index in [4.69, 9.17) is 15.3 Å². The highest BCUT2D eigenvalue weighted by molar-refractivity contribution is 5.79. The predicted octanol–water partition coefficient (Wildman–Crippen LogP) is 2.54. The zero-order valence-electron chi connectivity index (χ0n) is 10.7. The molecule has 0 bridgehead atoms. The zero-order valence-corrected chi connectivity index (χ0v) is 10.7. The lowest BCUT2D eigenvalue weighted by atomic mass is 10.1. The normalized spacial score (nSPS) is 11.7. The van der Waals surface area contributed by atoms with Crippen LogP contribution in [0.5, 0.6) is 5.75 Å².